The van der Waals surface area contributed by atoms with Crippen molar-refractivity contribution in [2.75, 3.05) is 13.2 Å². The van der Waals surface area contributed by atoms with E-state index in [-0.39, 0.29) is 22.6 Å². The standard InChI is InChI=1S/C18H18FNO5S/c1-2-9-20-26(23,24)16-8-4-6-14(11-16)18(22)25-12-17(21)13-5-3-7-15(19)10-13/h3-8,10-11,20H,2,9,12H2,1H3. The normalized spacial score (nSPS) is 11.2. The first kappa shape index (κ1) is 19.7. The molecule has 138 valence electrons. The summed E-state index contributed by atoms with van der Waals surface area (Å²) in [6, 6.07) is 10.3. The van der Waals surface area contributed by atoms with Crippen LogP contribution in [0, 0.1) is 5.82 Å². The number of nitrogens with one attached hydrogen (secondary N) is 1. The zero-order valence-corrected chi connectivity index (χ0v) is 14.9. The molecule has 0 heterocycles. The first-order valence-corrected chi connectivity index (χ1v) is 9.37. The van der Waals surface area contributed by atoms with Crippen molar-refractivity contribution in [2.45, 2.75) is 18.2 Å². The van der Waals surface area contributed by atoms with Crippen LogP contribution in [-0.2, 0) is 14.8 Å². The van der Waals surface area contributed by atoms with Crippen LogP contribution >= 0.6 is 0 Å². The third-order valence-corrected chi connectivity index (χ3v) is 4.86. The first-order chi connectivity index (χ1) is 12.3. The van der Waals surface area contributed by atoms with Gasteiger partial charge in [-0.1, -0.05) is 25.1 Å². The van der Waals surface area contributed by atoms with E-state index < -0.39 is 34.2 Å². The number of Topliss-reactive ketones (excluding diaryl/α,β-unsaturated/α-hetero) is 1. The number of hydrogen-bond acceptors (Lipinski definition) is 5. The molecule has 0 saturated heterocycles. The molecular formula is C18H18FNO5S. The Bertz CT molecular complexity index is 911. The van der Waals surface area contributed by atoms with Crippen molar-refractivity contribution in [1.82, 2.24) is 4.72 Å². The molecule has 6 nitrogen and oxygen atoms in total. The van der Waals surface area contributed by atoms with Crippen molar-refractivity contribution < 1.29 is 27.1 Å². The molecule has 0 spiro atoms. The molecule has 26 heavy (non-hydrogen) atoms. The summed E-state index contributed by atoms with van der Waals surface area (Å²) in [5.41, 5.74) is 0.0781. The Labute approximate surface area is 151 Å². The Morgan fingerprint density at radius 3 is 2.46 bits per heavy atom. The van der Waals surface area contributed by atoms with Crippen LogP contribution in [-0.4, -0.2) is 33.3 Å². The Kier molecular flexibility index (Phi) is 6.59. The monoisotopic (exact) mass is 379 g/mol. The van der Waals surface area contributed by atoms with E-state index in [0.29, 0.717) is 6.42 Å². The fraction of sp³-hybridized carbons (Fsp3) is 0.222. The van der Waals surface area contributed by atoms with Crippen molar-refractivity contribution in [3.8, 4) is 0 Å². The quantitative estimate of drug-likeness (QED) is 0.562. The van der Waals surface area contributed by atoms with E-state index in [0.717, 1.165) is 6.07 Å². The van der Waals surface area contributed by atoms with E-state index in [9.17, 15) is 22.4 Å². The minimum absolute atomic E-state index is 0.00332. The average molecular weight is 379 g/mol. The third-order valence-electron chi connectivity index (χ3n) is 3.40. The van der Waals surface area contributed by atoms with Gasteiger partial charge in [0, 0.05) is 12.1 Å². The molecule has 2 rings (SSSR count). The van der Waals surface area contributed by atoms with Crippen molar-refractivity contribution in [2.24, 2.45) is 0 Å². The maximum atomic E-state index is 13.1. The molecule has 0 aliphatic rings. The van der Waals surface area contributed by atoms with Crippen LogP contribution in [0.15, 0.2) is 53.4 Å². The molecule has 2 aromatic rings. The van der Waals surface area contributed by atoms with Gasteiger partial charge in [0.05, 0.1) is 10.5 Å². The summed E-state index contributed by atoms with van der Waals surface area (Å²) in [5.74, 6) is -1.98. The number of halogens is 1. The van der Waals surface area contributed by atoms with Crippen LogP contribution in [0.1, 0.15) is 34.1 Å². The number of carbonyl (C=O) groups is 2. The number of sulfonamides is 1. The highest BCUT2D eigenvalue weighted by Gasteiger charge is 2.17. The average Bonchev–Trinajstić information content (AvgIpc) is 2.64. The predicted molar refractivity (Wildman–Crippen MR) is 92.9 cm³/mol. The summed E-state index contributed by atoms with van der Waals surface area (Å²) in [7, 11) is -3.72. The van der Waals surface area contributed by atoms with Gasteiger partial charge < -0.3 is 4.74 Å². The van der Waals surface area contributed by atoms with E-state index in [1.165, 1.54) is 42.5 Å². The largest absolute Gasteiger partial charge is 0.454 e. The molecule has 0 amide bonds. The van der Waals surface area contributed by atoms with Crippen LogP contribution < -0.4 is 4.72 Å². The van der Waals surface area contributed by atoms with Crippen LogP contribution in [0.3, 0.4) is 0 Å². The fourth-order valence-electron chi connectivity index (χ4n) is 2.07. The molecule has 1 N–H and O–H groups in total. The summed E-state index contributed by atoms with van der Waals surface area (Å²) < 4.78 is 44.6. The molecule has 0 fully saturated rings. The Balaban J connectivity index is 2.06. The van der Waals surface area contributed by atoms with Gasteiger partial charge in [0.25, 0.3) is 0 Å². The highest BCUT2D eigenvalue weighted by Crippen LogP contribution is 2.13. The molecule has 0 saturated carbocycles. The number of carbonyl (C=O) groups excluding carboxylic acids is 2. The van der Waals surface area contributed by atoms with Gasteiger partial charge >= 0.3 is 5.97 Å². The molecule has 0 bridgehead atoms. The lowest BCUT2D eigenvalue weighted by atomic mass is 10.1. The van der Waals surface area contributed by atoms with Crippen molar-refractivity contribution in [1.29, 1.82) is 0 Å². The summed E-state index contributed by atoms with van der Waals surface area (Å²) in [5, 5.41) is 0. The number of benzene rings is 2. The van der Waals surface area contributed by atoms with Crippen LogP contribution in [0.25, 0.3) is 0 Å². The molecule has 0 aromatic heterocycles. The zero-order chi connectivity index (χ0) is 19.2. The minimum atomic E-state index is -3.72. The van der Waals surface area contributed by atoms with Gasteiger partial charge in [-0.15, -0.1) is 0 Å². The van der Waals surface area contributed by atoms with Gasteiger partial charge in [0.1, 0.15) is 5.82 Å². The van der Waals surface area contributed by atoms with Crippen molar-refractivity contribution in [3.05, 3.63) is 65.5 Å². The molecule has 8 heteroatoms. The van der Waals surface area contributed by atoms with Crippen LogP contribution in [0.4, 0.5) is 4.39 Å². The summed E-state index contributed by atoms with van der Waals surface area (Å²) in [4.78, 5) is 23.9. The summed E-state index contributed by atoms with van der Waals surface area (Å²) >= 11 is 0. The first-order valence-electron chi connectivity index (χ1n) is 7.89. The summed E-state index contributed by atoms with van der Waals surface area (Å²) in [6.45, 7) is 1.53. The van der Waals surface area contributed by atoms with Crippen molar-refractivity contribution >= 4 is 21.8 Å². The van der Waals surface area contributed by atoms with Gasteiger partial charge in [0.2, 0.25) is 10.0 Å². The van der Waals surface area contributed by atoms with E-state index >= 15 is 0 Å². The van der Waals surface area contributed by atoms with Gasteiger partial charge in [0.15, 0.2) is 12.4 Å². The number of ketones is 1. The Morgan fingerprint density at radius 2 is 1.77 bits per heavy atom. The molecule has 0 aliphatic carbocycles. The van der Waals surface area contributed by atoms with Crippen LogP contribution in [0.5, 0.6) is 0 Å². The topological polar surface area (TPSA) is 89.5 Å². The molecular weight excluding hydrogens is 361 g/mol. The smallest absolute Gasteiger partial charge is 0.338 e. The van der Waals surface area contributed by atoms with Gasteiger partial charge in [-0.25, -0.2) is 22.3 Å². The fourth-order valence-corrected chi connectivity index (χ4v) is 3.25. The van der Waals surface area contributed by atoms with E-state index in [1.807, 2.05) is 6.92 Å². The van der Waals surface area contributed by atoms with Crippen LogP contribution in [0.2, 0.25) is 0 Å². The van der Waals surface area contributed by atoms with Gasteiger partial charge in [-0.05, 0) is 36.8 Å². The Hall–Kier alpha value is -2.58. The maximum absolute atomic E-state index is 13.1. The number of hydrogen-bond donors (Lipinski definition) is 1. The highest BCUT2D eigenvalue weighted by molar-refractivity contribution is 7.89. The lowest BCUT2D eigenvalue weighted by Gasteiger charge is -2.08. The maximum Gasteiger partial charge on any atom is 0.338 e. The molecule has 2 aromatic carbocycles. The van der Waals surface area contributed by atoms with E-state index in [1.54, 1.807) is 0 Å². The molecule has 0 atom stereocenters. The second-order valence-corrected chi connectivity index (χ2v) is 7.20. The third kappa shape index (κ3) is 5.21. The second-order valence-electron chi connectivity index (χ2n) is 5.44. The molecule has 0 aliphatic heterocycles. The lowest BCUT2D eigenvalue weighted by molar-refractivity contribution is 0.0474. The van der Waals surface area contributed by atoms with Crippen molar-refractivity contribution in [3.63, 3.8) is 0 Å². The van der Waals surface area contributed by atoms with E-state index in [4.69, 9.17) is 4.74 Å². The number of ether oxygens (including phenoxy) is 1. The molecule has 0 unspecified atom stereocenters. The van der Waals surface area contributed by atoms with Gasteiger partial charge in [-0.3, -0.25) is 4.79 Å². The SMILES string of the molecule is CCCNS(=O)(=O)c1cccc(C(=O)OCC(=O)c2cccc(F)c2)c1. The zero-order valence-electron chi connectivity index (χ0n) is 14.1. The molecule has 0 radical (unpaired) electrons. The lowest BCUT2D eigenvalue weighted by Crippen LogP contribution is -2.24. The number of esters is 1. The number of rotatable bonds is 8. The summed E-state index contributed by atoms with van der Waals surface area (Å²) in [6.07, 6.45) is 0.628. The predicted octanol–water partition coefficient (Wildman–Crippen LogP) is 2.55. The minimum Gasteiger partial charge on any atom is -0.454 e. The Morgan fingerprint density at radius 1 is 1.08 bits per heavy atom. The highest BCUT2D eigenvalue weighted by atomic mass is 32.2. The van der Waals surface area contributed by atoms with E-state index in [2.05, 4.69) is 4.72 Å². The second kappa shape index (κ2) is 8.68. The van der Waals surface area contributed by atoms with Gasteiger partial charge in [-0.2, -0.15) is 0 Å².